The van der Waals surface area contributed by atoms with Gasteiger partial charge in [0.05, 0.1) is 0 Å². The average Bonchev–Trinajstić information content (AvgIpc) is 2.61. The molecule has 0 atom stereocenters. The lowest BCUT2D eigenvalue weighted by Crippen LogP contribution is -2.16. The van der Waals surface area contributed by atoms with Crippen LogP contribution < -0.4 is 10.1 Å². The summed E-state index contributed by atoms with van der Waals surface area (Å²) in [4.78, 5) is 8.09. The van der Waals surface area contributed by atoms with Crippen molar-refractivity contribution < 1.29 is 9.13 Å². The topological polar surface area (TPSA) is 47.0 Å². The van der Waals surface area contributed by atoms with Gasteiger partial charge in [0.2, 0.25) is 0 Å². The Morgan fingerprint density at radius 1 is 0.920 bits per heavy atom. The smallest absolute Gasteiger partial charge is 0.321 e. The highest BCUT2D eigenvalue weighted by atomic mass is 35.5. The number of nitrogens with zero attached hydrogens (tertiary/aromatic N) is 2. The van der Waals surface area contributed by atoms with Gasteiger partial charge in [0.25, 0.3) is 0 Å². The molecule has 0 saturated heterocycles. The highest BCUT2D eigenvalue weighted by Gasteiger charge is 2.01. The van der Waals surface area contributed by atoms with Crippen LogP contribution in [0.1, 0.15) is 11.1 Å². The molecule has 0 spiro atoms. The summed E-state index contributed by atoms with van der Waals surface area (Å²) >= 11 is 0. The third-order valence-electron chi connectivity index (χ3n) is 3.48. The molecule has 0 fully saturated rings. The molecule has 2 aromatic carbocycles. The van der Waals surface area contributed by atoms with Crippen molar-refractivity contribution in [1.29, 1.82) is 0 Å². The first-order valence-electron chi connectivity index (χ1n) is 7.78. The van der Waals surface area contributed by atoms with Crippen LogP contribution in [0.2, 0.25) is 0 Å². The first kappa shape index (κ1) is 18.8. The van der Waals surface area contributed by atoms with Gasteiger partial charge >= 0.3 is 6.01 Å². The van der Waals surface area contributed by atoms with E-state index in [1.54, 1.807) is 18.5 Å². The summed E-state index contributed by atoms with van der Waals surface area (Å²) in [6.45, 7) is 1.55. The van der Waals surface area contributed by atoms with E-state index in [1.165, 1.54) is 12.1 Å². The minimum absolute atomic E-state index is 0. The Hall–Kier alpha value is -2.50. The molecule has 3 rings (SSSR count). The molecule has 0 aliphatic rings. The number of nitrogens with one attached hydrogen (secondary N) is 1. The largest absolute Gasteiger partial charge is 0.424 e. The standard InChI is InChI=1S/C19H18FN3O.ClH/c20-17-7-5-15(6-8-17)9-12-21-14-16-3-1-4-18(13-16)24-19-22-10-2-11-23-19;/h1-8,10-11,13,21H,9,12,14H2;1H. The summed E-state index contributed by atoms with van der Waals surface area (Å²) in [7, 11) is 0. The number of ether oxygens (including phenoxy) is 1. The van der Waals surface area contributed by atoms with Crippen LogP contribution in [0, 0.1) is 5.82 Å². The lowest BCUT2D eigenvalue weighted by Gasteiger charge is -2.08. The van der Waals surface area contributed by atoms with E-state index in [9.17, 15) is 4.39 Å². The zero-order valence-electron chi connectivity index (χ0n) is 13.6. The Balaban J connectivity index is 0.00000225. The second-order valence-corrected chi connectivity index (χ2v) is 5.33. The Labute approximate surface area is 152 Å². The van der Waals surface area contributed by atoms with Crippen molar-refractivity contribution in [2.75, 3.05) is 6.54 Å². The second-order valence-electron chi connectivity index (χ2n) is 5.33. The van der Waals surface area contributed by atoms with Gasteiger partial charge in [-0.05, 0) is 54.4 Å². The second kappa shape index (κ2) is 9.71. The molecule has 25 heavy (non-hydrogen) atoms. The lowest BCUT2D eigenvalue weighted by molar-refractivity contribution is 0.441. The first-order chi connectivity index (χ1) is 11.8. The molecule has 3 aromatic rings. The maximum Gasteiger partial charge on any atom is 0.321 e. The summed E-state index contributed by atoms with van der Waals surface area (Å²) in [6.07, 6.45) is 4.14. The zero-order valence-corrected chi connectivity index (χ0v) is 14.4. The van der Waals surface area contributed by atoms with Gasteiger partial charge < -0.3 is 10.1 Å². The summed E-state index contributed by atoms with van der Waals surface area (Å²) in [6, 6.07) is 16.5. The van der Waals surface area contributed by atoms with Crippen molar-refractivity contribution >= 4 is 12.4 Å². The average molecular weight is 360 g/mol. The van der Waals surface area contributed by atoms with E-state index in [4.69, 9.17) is 4.74 Å². The molecule has 1 heterocycles. The Kier molecular flexibility index (Phi) is 7.32. The number of aromatic nitrogens is 2. The summed E-state index contributed by atoms with van der Waals surface area (Å²) in [5.41, 5.74) is 2.23. The maximum atomic E-state index is 12.9. The van der Waals surface area contributed by atoms with Gasteiger partial charge in [-0.1, -0.05) is 24.3 Å². The van der Waals surface area contributed by atoms with Gasteiger partial charge in [0.15, 0.2) is 0 Å². The molecule has 0 radical (unpaired) electrons. The van der Waals surface area contributed by atoms with E-state index in [0.717, 1.165) is 30.6 Å². The summed E-state index contributed by atoms with van der Waals surface area (Å²) < 4.78 is 18.5. The zero-order chi connectivity index (χ0) is 16.6. The number of hydrogen-bond acceptors (Lipinski definition) is 4. The van der Waals surface area contributed by atoms with Crippen molar-refractivity contribution in [1.82, 2.24) is 15.3 Å². The van der Waals surface area contributed by atoms with Crippen molar-refractivity contribution in [2.45, 2.75) is 13.0 Å². The van der Waals surface area contributed by atoms with E-state index < -0.39 is 0 Å². The monoisotopic (exact) mass is 359 g/mol. The predicted octanol–water partition coefficient (Wildman–Crippen LogP) is 4.16. The van der Waals surface area contributed by atoms with Crippen molar-refractivity contribution in [2.24, 2.45) is 0 Å². The van der Waals surface area contributed by atoms with Crippen LogP contribution in [-0.2, 0) is 13.0 Å². The number of halogens is 2. The predicted molar refractivity (Wildman–Crippen MR) is 97.6 cm³/mol. The van der Waals surface area contributed by atoms with Crippen LogP contribution in [0.4, 0.5) is 4.39 Å². The minimum atomic E-state index is -0.203. The fourth-order valence-corrected chi connectivity index (χ4v) is 2.28. The molecule has 130 valence electrons. The fraction of sp³-hybridized carbons (Fsp3) is 0.158. The molecule has 0 saturated carbocycles. The molecule has 0 bridgehead atoms. The summed E-state index contributed by atoms with van der Waals surface area (Å²) in [5.74, 6) is 0.505. The molecule has 0 amide bonds. The third kappa shape index (κ3) is 6.14. The van der Waals surface area contributed by atoms with Gasteiger partial charge in [0.1, 0.15) is 11.6 Å². The Morgan fingerprint density at radius 3 is 2.44 bits per heavy atom. The molecule has 1 N–H and O–H groups in total. The van der Waals surface area contributed by atoms with Gasteiger partial charge in [0, 0.05) is 18.9 Å². The van der Waals surface area contributed by atoms with E-state index in [2.05, 4.69) is 15.3 Å². The van der Waals surface area contributed by atoms with E-state index in [0.29, 0.717) is 11.8 Å². The van der Waals surface area contributed by atoms with Gasteiger partial charge in [-0.2, -0.15) is 0 Å². The molecular weight excluding hydrogens is 341 g/mol. The van der Waals surface area contributed by atoms with E-state index in [-0.39, 0.29) is 18.2 Å². The highest BCUT2D eigenvalue weighted by Crippen LogP contribution is 2.18. The van der Waals surface area contributed by atoms with Crippen LogP contribution in [0.15, 0.2) is 67.0 Å². The Bertz CT molecular complexity index is 769. The SMILES string of the molecule is Cl.Fc1ccc(CCNCc2cccc(Oc3ncccn3)c2)cc1. The van der Waals surface area contributed by atoms with Crippen molar-refractivity contribution in [3.8, 4) is 11.8 Å². The molecule has 0 unspecified atom stereocenters. The van der Waals surface area contributed by atoms with Crippen LogP contribution in [-0.4, -0.2) is 16.5 Å². The summed E-state index contributed by atoms with van der Waals surface area (Å²) in [5, 5.41) is 3.38. The third-order valence-corrected chi connectivity index (χ3v) is 3.48. The van der Waals surface area contributed by atoms with Crippen molar-refractivity contribution in [3.05, 3.63) is 83.9 Å². The van der Waals surface area contributed by atoms with Crippen LogP contribution in [0.5, 0.6) is 11.8 Å². The number of benzene rings is 2. The van der Waals surface area contributed by atoms with Gasteiger partial charge in [-0.15, -0.1) is 12.4 Å². The maximum absolute atomic E-state index is 12.9. The minimum Gasteiger partial charge on any atom is -0.424 e. The van der Waals surface area contributed by atoms with Crippen molar-refractivity contribution in [3.63, 3.8) is 0 Å². The fourth-order valence-electron chi connectivity index (χ4n) is 2.28. The molecule has 6 heteroatoms. The molecular formula is C19H19ClFN3O. The normalized spacial score (nSPS) is 10.1. The molecule has 4 nitrogen and oxygen atoms in total. The quantitative estimate of drug-likeness (QED) is 0.643. The first-order valence-corrected chi connectivity index (χ1v) is 7.78. The van der Waals surface area contributed by atoms with E-state index >= 15 is 0 Å². The van der Waals surface area contributed by atoms with Crippen LogP contribution >= 0.6 is 12.4 Å². The number of hydrogen-bond donors (Lipinski definition) is 1. The van der Waals surface area contributed by atoms with Gasteiger partial charge in [-0.3, -0.25) is 0 Å². The molecule has 0 aliphatic carbocycles. The highest BCUT2D eigenvalue weighted by molar-refractivity contribution is 5.85. The van der Waals surface area contributed by atoms with Crippen LogP contribution in [0.3, 0.4) is 0 Å². The molecule has 0 aliphatic heterocycles. The van der Waals surface area contributed by atoms with Gasteiger partial charge in [-0.25, -0.2) is 14.4 Å². The Morgan fingerprint density at radius 2 is 1.68 bits per heavy atom. The number of rotatable bonds is 7. The van der Waals surface area contributed by atoms with E-state index in [1.807, 2.05) is 36.4 Å². The molecule has 1 aromatic heterocycles. The van der Waals surface area contributed by atoms with Crippen LogP contribution in [0.25, 0.3) is 0 Å². The lowest BCUT2D eigenvalue weighted by atomic mass is 10.1.